The maximum atomic E-state index is 9.92. The first-order valence-corrected chi connectivity index (χ1v) is 5.98. The standard InChI is InChI=1S/C13H18ClNO/c1-13(2,16)7-9-8-15(3)11-6-4-5-10(14)12(9)11/h4-6,9,16H,7-8H2,1-3H3. The number of hydrogen-bond acceptors (Lipinski definition) is 2. The third kappa shape index (κ3) is 2.18. The van der Waals surface area contributed by atoms with Crippen LogP contribution in [0.15, 0.2) is 18.2 Å². The molecular formula is C13H18ClNO. The van der Waals surface area contributed by atoms with Crippen LogP contribution in [-0.4, -0.2) is 24.3 Å². The fourth-order valence-electron chi connectivity index (χ4n) is 2.55. The second-order valence-electron chi connectivity index (χ2n) is 5.27. The van der Waals surface area contributed by atoms with Gasteiger partial charge in [0, 0.05) is 30.2 Å². The molecule has 3 heteroatoms. The van der Waals surface area contributed by atoms with Gasteiger partial charge in [-0.25, -0.2) is 0 Å². The molecule has 0 spiro atoms. The zero-order valence-corrected chi connectivity index (χ0v) is 10.8. The number of likely N-dealkylation sites (N-methyl/N-ethyl adjacent to an activating group) is 1. The summed E-state index contributed by atoms with van der Waals surface area (Å²) in [6.07, 6.45) is 0.744. The average molecular weight is 240 g/mol. The molecule has 1 aromatic rings. The highest BCUT2D eigenvalue weighted by atomic mass is 35.5. The highest BCUT2D eigenvalue weighted by molar-refractivity contribution is 6.32. The highest BCUT2D eigenvalue weighted by Crippen LogP contribution is 2.43. The van der Waals surface area contributed by atoms with Gasteiger partial charge in [-0.3, -0.25) is 0 Å². The number of aliphatic hydroxyl groups is 1. The lowest BCUT2D eigenvalue weighted by Crippen LogP contribution is -2.25. The number of rotatable bonds is 2. The predicted octanol–water partition coefficient (Wildman–Crippen LogP) is 3.03. The molecule has 1 atom stereocenters. The summed E-state index contributed by atoms with van der Waals surface area (Å²) in [4.78, 5) is 2.21. The van der Waals surface area contributed by atoms with Crippen LogP contribution in [0, 0.1) is 0 Å². The van der Waals surface area contributed by atoms with Gasteiger partial charge in [0.2, 0.25) is 0 Å². The first kappa shape index (κ1) is 11.7. The van der Waals surface area contributed by atoms with Gasteiger partial charge in [-0.05, 0) is 38.0 Å². The summed E-state index contributed by atoms with van der Waals surface area (Å²) >= 11 is 6.25. The molecule has 0 saturated heterocycles. The van der Waals surface area contributed by atoms with E-state index in [2.05, 4.69) is 18.0 Å². The summed E-state index contributed by atoms with van der Waals surface area (Å²) in [6, 6.07) is 5.99. The Morgan fingerprint density at radius 1 is 1.50 bits per heavy atom. The normalized spacial score (nSPS) is 20.1. The molecule has 0 aliphatic carbocycles. The number of hydrogen-bond donors (Lipinski definition) is 1. The second-order valence-corrected chi connectivity index (χ2v) is 5.67. The van der Waals surface area contributed by atoms with Gasteiger partial charge < -0.3 is 10.0 Å². The Labute approximate surface area is 102 Å². The minimum absolute atomic E-state index is 0.327. The van der Waals surface area contributed by atoms with Gasteiger partial charge in [-0.15, -0.1) is 0 Å². The molecule has 1 aliphatic rings. The van der Waals surface area contributed by atoms with Crippen LogP contribution in [0.5, 0.6) is 0 Å². The third-order valence-corrected chi connectivity index (χ3v) is 3.42. The highest BCUT2D eigenvalue weighted by Gasteiger charge is 2.32. The van der Waals surface area contributed by atoms with Gasteiger partial charge in [-0.1, -0.05) is 17.7 Å². The molecule has 1 aromatic carbocycles. The molecule has 0 amide bonds. The predicted molar refractivity (Wildman–Crippen MR) is 68.4 cm³/mol. The van der Waals surface area contributed by atoms with Crippen molar-refractivity contribution >= 4 is 17.3 Å². The lowest BCUT2D eigenvalue weighted by atomic mass is 9.89. The Morgan fingerprint density at radius 3 is 2.81 bits per heavy atom. The Morgan fingerprint density at radius 2 is 2.19 bits per heavy atom. The quantitative estimate of drug-likeness (QED) is 0.858. The third-order valence-electron chi connectivity index (χ3n) is 3.09. The molecule has 16 heavy (non-hydrogen) atoms. The summed E-state index contributed by atoms with van der Waals surface area (Å²) in [5.74, 6) is 0.327. The zero-order valence-electron chi connectivity index (χ0n) is 10.00. The largest absolute Gasteiger partial charge is 0.390 e. The van der Waals surface area contributed by atoms with Gasteiger partial charge >= 0.3 is 0 Å². The van der Waals surface area contributed by atoms with Crippen molar-refractivity contribution in [3.8, 4) is 0 Å². The van der Waals surface area contributed by atoms with E-state index in [-0.39, 0.29) is 0 Å². The van der Waals surface area contributed by atoms with Gasteiger partial charge in [0.1, 0.15) is 0 Å². The lowest BCUT2D eigenvalue weighted by Gasteiger charge is -2.22. The molecule has 88 valence electrons. The molecular weight excluding hydrogens is 222 g/mol. The van der Waals surface area contributed by atoms with Crippen molar-refractivity contribution in [2.75, 3.05) is 18.5 Å². The van der Waals surface area contributed by atoms with Crippen molar-refractivity contribution in [1.29, 1.82) is 0 Å². The van der Waals surface area contributed by atoms with E-state index >= 15 is 0 Å². The molecule has 1 N–H and O–H groups in total. The van der Waals surface area contributed by atoms with Crippen LogP contribution < -0.4 is 4.90 Å². The van der Waals surface area contributed by atoms with Crippen molar-refractivity contribution in [2.45, 2.75) is 31.8 Å². The molecule has 2 nitrogen and oxygen atoms in total. The molecule has 0 bridgehead atoms. The van der Waals surface area contributed by atoms with E-state index in [9.17, 15) is 5.11 Å². The number of fused-ring (bicyclic) bond motifs is 1. The maximum Gasteiger partial charge on any atom is 0.0598 e. The first-order chi connectivity index (χ1) is 7.38. The Hall–Kier alpha value is -0.730. The van der Waals surface area contributed by atoms with E-state index in [4.69, 9.17) is 11.6 Å². The van der Waals surface area contributed by atoms with Crippen LogP contribution in [0.4, 0.5) is 5.69 Å². The number of halogens is 1. The topological polar surface area (TPSA) is 23.5 Å². The van der Waals surface area contributed by atoms with Crippen LogP contribution in [0.3, 0.4) is 0 Å². The fraction of sp³-hybridized carbons (Fsp3) is 0.538. The lowest BCUT2D eigenvalue weighted by molar-refractivity contribution is 0.0645. The smallest absolute Gasteiger partial charge is 0.0598 e. The van der Waals surface area contributed by atoms with Crippen LogP contribution in [0.1, 0.15) is 31.7 Å². The van der Waals surface area contributed by atoms with Crippen LogP contribution in [0.25, 0.3) is 0 Å². The van der Waals surface area contributed by atoms with Gasteiger partial charge in [0.05, 0.1) is 5.60 Å². The first-order valence-electron chi connectivity index (χ1n) is 5.60. The van der Waals surface area contributed by atoms with Gasteiger partial charge in [-0.2, -0.15) is 0 Å². The minimum Gasteiger partial charge on any atom is -0.390 e. The molecule has 1 aliphatic heterocycles. The van der Waals surface area contributed by atoms with Crippen molar-refractivity contribution in [1.82, 2.24) is 0 Å². The van der Waals surface area contributed by atoms with E-state index in [1.54, 1.807) is 0 Å². The summed E-state index contributed by atoms with van der Waals surface area (Å²) < 4.78 is 0. The van der Waals surface area contributed by atoms with Crippen molar-refractivity contribution in [2.24, 2.45) is 0 Å². The molecule has 0 fully saturated rings. The van der Waals surface area contributed by atoms with E-state index < -0.39 is 5.60 Å². The van der Waals surface area contributed by atoms with Crippen LogP contribution in [0.2, 0.25) is 5.02 Å². The molecule has 0 saturated carbocycles. The molecule has 1 unspecified atom stereocenters. The molecule has 0 aromatic heterocycles. The minimum atomic E-state index is -0.647. The SMILES string of the molecule is CN1CC(CC(C)(C)O)c2c(Cl)cccc21. The summed E-state index contributed by atoms with van der Waals surface area (Å²) in [6.45, 7) is 4.63. The zero-order chi connectivity index (χ0) is 11.9. The van der Waals surface area contributed by atoms with E-state index in [0.29, 0.717) is 5.92 Å². The second kappa shape index (κ2) is 3.94. The Balaban J connectivity index is 2.35. The monoisotopic (exact) mass is 239 g/mol. The Bertz CT molecular complexity index is 397. The number of benzene rings is 1. The van der Waals surface area contributed by atoms with Crippen molar-refractivity contribution < 1.29 is 5.11 Å². The Kier molecular flexibility index (Phi) is 2.89. The molecule has 1 heterocycles. The average Bonchev–Trinajstić information content (AvgIpc) is 2.42. The number of nitrogens with zero attached hydrogens (tertiary/aromatic N) is 1. The summed E-state index contributed by atoms with van der Waals surface area (Å²) in [5, 5.41) is 10.7. The number of anilines is 1. The van der Waals surface area contributed by atoms with Crippen molar-refractivity contribution in [3.05, 3.63) is 28.8 Å². The van der Waals surface area contributed by atoms with Crippen LogP contribution >= 0.6 is 11.6 Å². The van der Waals surface area contributed by atoms with Crippen molar-refractivity contribution in [3.63, 3.8) is 0 Å². The maximum absolute atomic E-state index is 9.92. The van der Waals surface area contributed by atoms with Gasteiger partial charge in [0.25, 0.3) is 0 Å². The van der Waals surface area contributed by atoms with E-state index in [1.165, 1.54) is 11.3 Å². The van der Waals surface area contributed by atoms with E-state index in [1.807, 2.05) is 26.0 Å². The van der Waals surface area contributed by atoms with Gasteiger partial charge in [0.15, 0.2) is 0 Å². The molecule has 2 rings (SSSR count). The van der Waals surface area contributed by atoms with E-state index in [0.717, 1.165) is 18.0 Å². The van der Waals surface area contributed by atoms with Crippen LogP contribution in [-0.2, 0) is 0 Å². The molecule has 0 radical (unpaired) electrons. The summed E-state index contributed by atoms with van der Waals surface area (Å²) in [7, 11) is 2.07. The summed E-state index contributed by atoms with van der Waals surface area (Å²) in [5.41, 5.74) is 1.74. The fourth-order valence-corrected chi connectivity index (χ4v) is 2.88.